The van der Waals surface area contributed by atoms with E-state index in [0.717, 1.165) is 24.7 Å². The highest BCUT2D eigenvalue weighted by molar-refractivity contribution is 6.10. The van der Waals surface area contributed by atoms with Crippen LogP contribution in [0.1, 0.15) is 79.0 Å². The van der Waals surface area contributed by atoms with Crippen LogP contribution in [0.2, 0.25) is 0 Å². The number of aromatic nitrogens is 2. The Bertz CT molecular complexity index is 1150. The number of aromatic amines is 1. The van der Waals surface area contributed by atoms with Crippen LogP contribution >= 0.6 is 0 Å². The van der Waals surface area contributed by atoms with Crippen molar-refractivity contribution in [3.8, 4) is 16.9 Å². The Morgan fingerprint density at radius 2 is 1.79 bits per heavy atom. The second kappa shape index (κ2) is 12.2. The smallest absolute Gasteiger partial charge is 0.433 e. The number of benzene rings is 1. The number of phenols is 1. The van der Waals surface area contributed by atoms with Crippen molar-refractivity contribution in [2.75, 3.05) is 7.05 Å². The van der Waals surface area contributed by atoms with Crippen LogP contribution in [0.25, 0.3) is 11.1 Å². The molecule has 0 atom stereocenters. The third-order valence-electron chi connectivity index (χ3n) is 6.36. The molecule has 3 rings (SSSR count). The van der Waals surface area contributed by atoms with Gasteiger partial charge in [-0.1, -0.05) is 32.9 Å². The Labute approximate surface area is 224 Å². The van der Waals surface area contributed by atoms with E-state index < -0.39 is 11.9 Å². The Morgan fingerprint density at radius 3 is 2.29 bits per heavy atom. The van der Waals surface area contributed by atoms with Gasteiger partial charge < -0.3 is 15.3 Å². The molecule has 2 aromatic rings. The van der Waals surface area contributed by atoms with Gasteiger partial charge in [-0.3, -0.25) is 10.1 Å². The van der Waals surface area contributed by atoms with Crippen molar-refractivity contribution in [1.29, 1.82) is 0 Å². The summed E-state index contributed by atoms with van der Waals surface area (Å²) in [5.41, 5.74) is 0.837. The summed E-state index contributed by atoms with van der Waals surface area (Å²) >= 11 is 0. The van der Waals surface area contributed by atoms with E-state index in [1.807, 2.05) is 19.1 Å². The number of hydrogen-bond acceptors (Lipinski definition) is 5. The van der Waals surface area contributed by atoms with Crippen LogP contribution < -0.4 is 5.32 Å². The molecular weight excluding hydrogens is 491 g/mol. The number of phenolic OH excluding ortho intramolecular Hbond substituents is 1. The van der Waals surface area contributed by atoms with Crippen LogP contribution in [0.5, 0.6) is 5.75 Å². The average Bonchev–Trinajstić information content (AvgIpc) is 3.29. The minimum Gasteiger partial charge on any atom is -0.507 e. The molecule has 0 aliphatic carbocycles. The number of H-pyrrole nitrogens is 1. The molecule has 0 saturated carbocycles. The normalized spacial score (nSPS) is 18.0. The topological polar surface area (TPSA) is 76.5 Å². The van der Waals surface area contributed by atoms with Gasteiger partial charge in [0.05, 0.1) is 11.9 Å². The number of aromatic hydroxyl groups is 1. The van der Waals surface area contributed by atoms with E-state index in [1.165, 1.54) is 30.7 Å². The number of hydrogen-bond donors (Lipinski definition) is 3. The number of nitrogens with one attached hydrogen (secondary N) is 2. The number of rotatable bonds is 6. The number of halogens is 3. The monoisotopic (exact) mass is 533 g/mol. The fraction of sp³-hybridized carbons (Fsp3) is 0.517. The molecular formula is C29H42F3N5O. The lowest BCUT2D eigenvalue weighted by molar-refractivity contribution is -0.140. The lowest BCUT2D eigenvalue weighted by atomic mass is 9.79. The molecule has 1 aliphatic heterocycles. The highest BCUT2D eigenvalue weighted by Crippen LogP contribution is 2.37. The molecule has 0 radical (unpaired) electrons. The first-order chi connectivity index (χ1) is 17.5. The Balaban J connectivity index is 0.00000161. The van der Waals surface area contributed by atoms with E-state index in [-0.39, 0.29) is 28.0 Å². The van der Waals surface area contributed by atoms with E-state index >= 15 is 0 Å². The first-order valence-electron chi connectivity index (χ1n) is 12.9. The molecule has 1 aromatic carbocycles. The third kappa shape index (κ3) is 7.96. The van der Waals surface area contributed by atoms with Crippen molar-refractivity contribution >= 4 is 5.71 Å². The number of allylic oxidation sites excluding steroid dienone is 2. The lowest BCUT2D eigenvalue weighted by Gasteiger charge is -2.49. The largest absolute Gasteiger partial charge is 0.507 e. The molecule has 6 nitrogen and oxygen atoms in total. The first kappa shape index (κ1) is 31.1. The van der Waals surface area contributed by atoms with Crippen molar-refractivity contribution < 1.29 is 18.3 Å². The molecule has 2 heterocycles. The number of alkyl halides is 3. The van der Waals surface area contributed by atoms with Crippen LogP contribution in [-0.2, 0) is 6.18 Å². The van der Waals surface area contributed by atoms with Gasteiger partial charge in [-0.2, -0.15) is 18.3 Å². The van der Waals surface area contributed by atoms with Crippen molar-refractivity contribution in [2.45, 2.75) is 91.0 Å². The standard InChI is InChI=1S/C26H34F3N5O.C3H8/c1-8-21(30-14-16(2)34(7)18-12-24(3,4)33-25(5,6)13-18)19-10-9-17(11-22(19)35)20-15-31-32-23(20)26(27,28)29;1-3-2/h8-11,14-15,18,33,35H,1,12-13H2,2-7H3,(H,31,32);3H2,1-2H3/b16-14+,30-21?;. The molecule has 38 heavy (non-hydrogen) atoms. The molecule has 3 N–H and O–H groups in total. The summed E-state index contributed by atoms with van der Waals surface area (Å²) < 4.78 is 39.6. The van der Waals surface area contributed by atoms with Crippen LogP contribution in [-0.4, -0.2) is 50.1 Å². The van der Waals surface area contributed by atoms with Crippen LogP contribution in [0, 0.1) is 0 Å². The Morgan fingerprint density at radius 1 is 1.21 bits per heavy atom. The molecule has 0 bridgehead atoms. The minimum atomic E-state index is -4.58. The number of aliphatic imine (C=N–C) groups is 1. The Kier molecular flexibility index (Phi) is 10.00. The summed E-state index contributed by atoms with van der Waals surface area (Å²) in [5, 5.41) is 19.8. The zero-order chi connectivity index (χ0) is 28.9. The highest BCUT2D eigenvalue weighted by Gasteiger charge is 2.39. The second-order valence-electron chi connectivity index (χ2n) is 11.2. The molecule has 9 heteroatoms. The van der Waals surface area contributed by atoms with Crippen LogP contribution in [0.4, 0.5) is 13.2 Å². The summed E-state index contributed by atoms with van der Waals surface area (Å²) in [6.07, 6.45) is 2.95. The van der Waals surface area contributed by atoms with E-state index in [1.54, 1.807) is 6.20 Å². The van der Waals surface area contributed by atoms with Gasteiger partial charge in [0.15, 0.2) is 0 Å². The van der Waals surface area contributed by atoms with Gasteiger partial charge in [0, 0.05) is 47.2 Å². The molecule has 0 spiro atoms. The maximum atomic E-state index is 13.2. The predicted octanol–water partition coefficient (Wildman–Crippen LogP) is 7.29. The SMILES string of the molecule is C=CC(=N/C=C(\C)N(C)C1CC(C)(C)NC(C)(C)C1)c1ccc(-c2cn[nH]c2C(F)(F)F)cc1O.CCC. The highest BCUT2D eigenvalue weighted by atomic mass is 19.4. The van der Waals surface area contributed by atoms with Crippen LogP contribution in [0.3, 0.4) is 0 Å². The first-order valence-corrected chi connectivity index (χ1v) is 12.9. The fourth-order valence-electron chi connectivity index (χ4n) is 4.95. The number of piperidine rings is 1. The van der Waals surface area contributed by atoms with E-state index in [0.29, 0.717) is 17.3 Å². The fourth-order valence-corrected chi connectivity index (χ4v) is 4.95. The van der Waals surface area contributed by atoms with E-state index in [4.69, 9.17) is 0 Å². The summed E-state index contributed by atoms with van der Waals surface area (Å²) in [5.74, 6) is -0.197. The summed E-state index contributed by atoms with van der Waals surface area (Å²) in [6, 6.07) is 4.63. The summed E-state index contributed by atoms with van der Waals surface area (Å²) in [4.78, 5) is 6.75. The minimum absolute atomic E-state index is 0.00496. The maximum absolute atomic E-state index is 13.2. The van der Waals surface area contributed by atoms with Gasteiger partial charge in [0.2, 0.25) is 0 Å². The molecule has 1 aliphatic rings. The zero-order valence-corrected chi connectivity index (χ0v) is 23.8. The predicted molar refractivity (Wildman–Crippen MR) is 149 cm³/mol. The van der Waals surface area contributed by atoms with Gasteiger partial charge in [-0.25, -0.2) is 0 Å². The average molecular weight is 534 g/mol. The van der Waals surface area contributed by atoms with Crippen molar-refractivity contribution in [2.24, 2.45) is 4.99 Å². The molecule has 1 saturated heterocycles. The lowest BCUT2D eigenvalue weighted by Crippen LogP contribution is -2.61. The van der Waals surface area contributed by atoms with Crippen LogP contribution in [0.15, 0.2) is 53.9 Å². The second-order valence-corrected chi connectivity index (χ2v) is 11.2. The van der Waals surface area contributed by atoms with Gasteiger partial charge in [-0.05, 0) is 71.2 Å². The van der Waals surface area contributed by atoms with Gasteiger partial charge in [0.1, 0.15) is 11.4 Å². The summed E-state index contributed by atoms with van der Waals surface area (Å²) in [6.45, 7) is 18.8. The quantitative estimate of drug-likeness (QED) is 0.341. The van der Waals surface area contributed by atoms with Gasteiger partial charge in [0.25, 0.3) is 0 Å². The third-order valence-corrected chi connectivity index (χ3v) is 6.36. The Hall–Kier alpha value is -3.07. The maximum Gasteiger partial charge on any atom is 0.433 e. The number of nitrogens with zero attached hydrogens (tertiary/aromatic N) is 3. The molecule has 0 unspecified atom stereocenters. The summed E-state index contributed by atoms with van der Waals surface area (Å²) in [7, 11) is 2.05. The molecule has 1 fully saturated rings. The van der Waals surface area contributed by atoms with Crippen molar-refractivity contribution in [3.05, 3.63) is 60.2 Å². The van der Waals surface area contributed by atoms with Gasteiger partial charge in [-0.15, -0.1) is 0 Å². The zero-order valence-electron chi connectivity index (χ0n) is 23.8. The van der Waals surface area contributed by atoms with Crippen molar-refractivity contribution in [3.63, 3.8) is 0 Å². The van der Waals surface area contributed by atoms with Gasteiger partial charge >= 0.3 is 6.18 Å². The molecule has 0 amide bonds. The molecule has 210 valence electrons. The van der Waals surface area contributed by atoms with E-state index in [2.05, 4.69) is 68.4 Å². The van der Waals surface area contributed by atoms with Crippen molar-refractivity contribution in [1.82, 2.24) is 20.4 Å². The van der Waals surface area contributed by atoms with E-state index in [9.17, 15) is 18.3 Å². The molecule has 1 aromatic heterocycles.